The van der Waals surface area contributed by atoms with Crippen molar-refractivity contribution >= 4 is 0 Å². The average molecular weight is 235 g/mol. The van der Waals surface area contributed by atoms with E-state index in [1.165, 1.54) is 18.4 Å². The van der Waals surface area contributed by atoms with Crippen LogP contribution in [0.4, 0.5) is 0 Å². The summed E-state index contributed by atoms with van der Waals surface area (Å²) >= 11 is 0. The molecule has 1 aromatic carbocycles. The van der Waals surface area contributed by atoms with Crippen LogP contribution >= 0.6 is 0 Å². The fourth-order valence-electron chi connectivity index (χ4n) is 1.86. The third-order valence-electron chi connectivity index (χ3n) is 3.45. The Kier molecular flexibility index (Phi) is 6.06. The summed E-state index contributed by atoms with van der Waals surface area (Å²) in [6.07, 6.45) is 2.36. The van der Waals surface area contributed by atoms with Crippen LogP contribution in [-0.4, -0.2) is 13.7 Å². The van der Waals surface area contributed by atoms with Gasteiger partial charge < -0.3 is 10.1 Å². The molecular weight excluding hydrogens is 210 g/mol. The molecule has 0 aromatic heterocycles. The summed E-state index contributed by atoms with van der Waals surface area (Å²) in [5.74, 6) is 1.68. The van der Waals surface area contributed by atoms with Crippen molar-refractivity contribution in [3.05, 3.63) is 29.8 Å². The highest BCUT2D eigenvalue weighted by molar-refractivity contribution is 5.35. The number of rotatable bonds is 7. The lowest BCUT2D eigenvalue weighted by Crippen LogP contribution is -2.16. The first-order valence-electron chi connectivity index (χ1n) is 6.61. The zero-order valence-electron chi connectivity index (χ0n) is 11.5. The Morgan fingerprint density at radius 1 is 1.18 bits per heavy atom. The van der Waals surface area contributed by atoms with E-state index in [4.69, 9.17) is 4.74 Å². The van der Waals surface area contributed by atoms with Crippen molar-refractivity contribution in [1.82, 2.24) is 5.32 Å². The van der Waals surface area contributed by atoms with Crippen molar-refractivity contribution in [3.8, 4) is 5.75 Å². The van der Waals surface area contributed by atoms with Gasteiger partial charge in [-0.1, -0.05) is 44.9 Å². The van der Waals surface area contributed by atoms with Crippen molar-refractivity contribution in [2.24, 2.45) is 5.92 Å². The van der Waals surface area contributed by atoms with Gasteiger partial charge in [0.2, 0.25) is 0 Å². The summed E-state index contributed by atoms with van der Waals surface area (Å²) in [5, 5.41) is 3.26. The third kappa shape index (κ3) is 4.04. The fourth-order valence-corrected chi connectivity index (χ4v) is 1.86. The van der Waals surface area contributed by atoms with Gasteiger partial charge in [0, 0.05) is 11.6 Å². The molecule has 1 N–H and O–H groups in total. The maximum absolute atomic E-state index is 5.96. The van der Waals surface area contributed by atoms with Crippen molar-refractivity contribution < 1.29 is 4.74 Å². The van der Waals surface area contributed by atoms with Crippen LogP contribution in [0.15, 0.2) is 24.3 Å². The largest absolute Gasteiger partial charge is 0.493 e. The maximum atomic E-state index is 5.96. The van der Waals surface area contributed by atoms with Crippen LogP contribution in [0, 0.1) is 5.92 Å². The van der Waals surface area contributed by atoms with E-state index in [1.807, 2.05) is 13.1 Å². The summed E-state index contributed by atoms with van der Waals surface area (Å²) in [4.78, 5) is 0. The van der Waals surface area contributed by atoms with Crippen molar-refractivity contribution in [1.29, 1.82) is 0 Å². The predicted molar refractivity (Wildman–Crippen MR) is 73.5 cm³/mol. The van der Waals surface area contributed by atoms with Crippen molar-refractivity contribution in [2.75, 3.05) is 13.7 Å². The van der Waals surface area contributed by atoms with Gasteiger partial charge in [0.05, 0.1) is 6.61 Å². The molecule has 0 spiro atoms. The minimum absolute atomic E-state index is 0.327. The third-order valence-corrected chi connectivity index (χ3v) is 3.45. The lowest BCUT2D eigenvalue weighted by Gasteiger charge is -2.19. The van der Waals surface area contributed by atoms with Crippen molar-refractivity contribution in [3.63, 3.8) is 0 Å². The standard InChI is InChI=1S/C15H25NO/c1-5-13(6-2)11-17-15-10-8-7-9-14(15)12(3)16-4/h7-10,12-13,16H,5-6,11H2,1-4H3. The van der Waals surface area contributed by atoms with Gasteiger partial charge in [0.15, 0.2) is 0 Å². The smallest absolute Gasteiger partial charge is 0.124 e. The SMILES string of the molecule is CCC(CC)COc1ccccc1C(C)NC. The van der Waals surface area contributed by atoms with Gasteiger partial charge in [-0.05, 0) is 26.0 Å². The summed E-state index contributed by atoms with van der Waals surface area (Å²) in [6.45, 7) is 7.42. The highest BCUT2D eigenvalue weighted by atomic mass is 16.5. The lowest BCUT2D eigenvalue weighted by molar-refractivity contribution is 0.237. The molecule has 0 aliphatic heterocycles. The summed E-state index contributed by atoms with van der Waals surface area (Å²) in [5.41, 5.74) is 1.24. The number of ether oxygens (including phenoxy) is 1. The molecule has 0 amide bonds. The molecule has 1 unspecified atom stereocenters. The van der Waals surface area contributed by atoms with E-state index in [0.717, 1.165) is 12.4 Å². The molecule has 96 valence electrons. The molecule has 0 aliphatic rings. The zero-order chi connectivity index (χ0) is 12.7. The Labute approximate surface area is 105 Å². The zero-order valence-corrected chi connectivity index (χ0v) is 11.5. The quantitative estimate of drug-likeness (QED) is 0.776. The van der Waals surface area contributed by atoms with E-state index in [1.54, 1.807) is 0 Å². The Balaban J connectivity index is 2.70. The van der Waals surface area contributed by atoms with Crippen LogP contribution in [0.2, 0.25) is 0 Å². The molecule has 0 radical (unpaired) electrons. The molecule has 0 heterocycles. The molecule has 0 saturated heterocycles. The van der Waals surface area contributed by atoms with Crippen LogP contribution in [0.5, 0.6) is 5.75 Å². The predicted octanol–water partition coefficient (Wildman–Crippen LogP) is 3.78. The van der Waals surface area contributed by atoms with Gasteiger partial charge in [-0.3, -0.25) is 0 Å². The van der Waals surface area contributed by atoms with Gasteiger partial charge in [0.25, 0.3) is 0 Å². The monoisotopic (exact) mass is 235 g/mol. The fraction of sp³-hybridized carbons (Fsp3) is 0.600. The molecule has 0 saturated carbocycles. The first-order chi connectivity index (χ1) is 8.22. The van der Waals surface area contributed by atoms with Gasteiger partial charge in [-0.25, -0.2) is 0 Å². The normalized spacial score (nSPS) is 12.8. The van der Waals surface area contributed by atoms with Crippen molar-refractivity contribution in [2.45, 2.75) is 39.7 Å². The topological polar surface area (TPSA) is 21.3 Å². The lowest BCUT2D eigenvalue weighted by atomic mass is 10.0. The van der Waals surface area contributed by atoms with E-state index < -0.39 is 0 Å². The van der Waals surface area contributed by atoms with Crippen LogP contribution < -0.4 is 10.1 Å². The molecule has 1 aromatic rings. The minimum atomic E-state index is 0.327. The molecule has 2 nitrogen and oxygen atoms in total. The number of hydrogen-bond acceptors (Lipinski definition) is 2. The minimum Gasteiger partial charge on any atom is -0.493 e. The Morgan fingerprint density at radius 2 is 1.82 bits per heavy atom. The first-order valence-corrected chi connectivity index (χ1v) is 6.61. The van der Waals surface area contributed by atoms with Gasteiger partial charge in [0.1, 0.15) is 5.75 Å². The number of para-hydroxylation sites is 1. The summed E-state index contributed by atoms with van der Waals surface area (Å²) in [7, 11) is 1.97. The second-order valence-corrected chi connectivity index (χ2v) is 4.54. The second-order valence-electron chi connectivity index (χ2n) is 4.54. The molecule has 2 heteroatoms. The summed E-state index contributed by atoms with van der Waals surface area (Å²) in [6, 6.07) is 8.61. The van der Waals surface area contributed by atoms with E-state index in [9.17, 15) is 0 Å². The Bertz CT molecular complexity index is 320. The van der Waals surface area contributed by atoms with Crippen LogP contribution in [0.25, 0.3) is 0 Å². The molecule has 1 rings (SSSR count). The van der Waals surface area contributed by atoms with E-state index in [-0.39, 0.29) is 0 Å². The molecule has 1 atom stereocenters. The highest BCUT2D eigenvalue weighted by Crippen LogP contribution is 2.25. The first kappa shape index (κ1) is 14.0. The van der Waals surface area contributed by atoms with E-state index in [0.29, 0.717) is 12.0 Å². The number of hydrogen-bond donors (Lipinski definition) is 1. The Hall–Kier alpha value is -1.02. The number of benzene rings is 1. The molecule has 0 fully saturated rings. The number of nitrogens with one attached hydrogen (secondary N) is 1. The Morgan fingerprint density at radius 3 is 2.41 bits per heavy atom. The van der Waals surface area contributed by atoms with Crippen LogP contribution in [-0.2, 0) is 0 Å². The van der Waals surface area contributed by atoms with Gasteiger partial charge >= 0.3 is 0 Å². The van der Waals surface area contributed by atoms with Gasteiger partial charge in [-0.15, -0.1) is 0 Å². The molecule has 0 bridgehead atoms. The van der Waals surface area contributed by atoms with Crippen LogP contribution in [0.3, 0.4) is 0 Å². The van der Waals surface area contributed by atoms with Gasteiger partial charge in [-0.2, -0.15) is 0 Å². The van der Waals surface area contributed by atoms with Crippen LogP contribution in [0.1, 0.15) is 45.2 Å². The average Bonchev–Trinajstić information content (AvgIpc) is 2.39. The van der Waals surface area contributed by atoms with E-state index >= 15 is 0 Å². The maximum Gasteiger partial charge on any atom is 0.124 e. The molecular formula is C15H25NO. The molecule has 0 aliphatic carbocycles. The second kappa shape index (κ2) is 7.33. The summed E-state index contributed by atoms with van der Waals surface area (Å²) < 4.78 is 5.96. The molecule has 17 heavy (non-hydrogen) atoms. The highest BCUT2D eigenvalue weighted by Gasteiger charge is 2.11. The van der Waals surface area contributed by atoms with E-state index in [2.05, 4.69) is 44.3 Å².